The zero-order chi connectivity index (χ0) is 13.1. The van der Waals surface area contributed by atoms with Gasteiger partial charge in [0.05, 0.1) is 0 Å². The van der Waals surface area contributed by atoms with Gasteiger partial charge >= 0.3 is 0 Å². The summed E-state index contributed by atoms with van der Waals surface area (Å²) < 4.78 is 19.7. The highest BCUT2D eigenvalue weighted by atomic mass is 79.9. The first-order valence-electron chi connectivity index (χ1n) is 5.40. The third-order valence-corrected chi connectivity index (χ3v) is 2.89. The van der Waals surface area contributed by atoms with Crippen LogP contribution in [0.4, 0.5) is 4.39 Å². The first kappa shape index (κ1) is 13.0. The van der Waals surface area contributed by atoms with Gasteiger partial charge in [-0.25, -0.2) is 9.37 Å². The number of aromatic nitrogens is 1. The summed E-state index contributed by atoms with van der Waals surface area (Å²) in [6, 6.07) is 7.86. The van der Waals surface area contributed by atoms with Crippen LogP contribution in [0.25, 0.3) is 0 Å². The second kappa shape index (κ2) is 5.46. The summed E-state index contributed by atoms with van der Waals surface area (Å²) in [7, 11) is 0. The Morgan fingerprint density at radius 2 is 2.11 bits per heavy atom. The van der Waals surface area contributed by atoms with E-state index >= 15 is 0 Å². The second-order valence-corrected chi connectivity index (χ2v) is 4.81. The van der Waals surface area contributed by atoms with E-state index in [9.17, 15) is 4.39 Å². The summed E-state index contributed by atoms with van der Waals surface area (Å²) in [5.41, 5.74) is 6.65. The van der Waals surface area contributed by atoms with Gasteiger partial charge in [-0.1, -0.05) is 15.9 Å². The molecule has 0 radical (unpaired) electrons. The Hall–Kier alpha value is -1.46. The average Bonchev–Trinajstić information content (AvgIpc) is 2.34. The van der Waals surface area contributed by atoms with E-state index < -0.39 is 5.82 Å². The van der Waals surface area contributed by atoms with E-state index in [-0.39, 0.29) is 11.8 Å². The van der Waals surface area contributed by atoms with E-state index in [1.54, 1.807) is 30.5 Å². The summed E-state index contributed by atoms with van der Waals surface area (Å²) in [5, 5.41) is 0. The van der Waals surface area contributed by atoms with Gasteiger partial charge in [-0.15, -0.1) is 0 Å². The number of rotatable bonds is 3. The van der Waals surface area contributed by atoms with Gasteiger partial charge in [0.15, 0.2) is 11.6 Å². The van der Waals surface area contributed by atoms with Crippen LogP contribution >= 0.6 is 15.9 Å². The van der Waals surface area contributed by atoms with Gasteiger partial charge in [-0.2, -0.15) is 0 Å². The molecule has 0 unspecified atom stereocenters. The van der Waals surface area contributed by atoms with Crippen molar-refractivity contribution in [1.82, 2.24) is 4.98 Å². The van der Waals surface area contributed by atoms with Crippen LogP contribution in [0, 0.1) is 5.82 Å². The molecule has 0 aliphatic carbocycles. The molecule has 2 rings (SSSR count). The highest BCUT2D eigenvalue weighted by Gasteiger charge is 2.08. The molecular weight excluding hydrogens is 299 g/mol. The van der Waals surface area contributed by atoms with E-state index in [1.807, 2.05) is 6.92 Å². The van der Waals surface area contributed by atoms with Crippen LogP contribution in [-0.4, -0.2) is 4.98 Å². The van der Waals surface area contributed by atoms with Crippen molar-refractivity contribution in [3.8, 4) is 11.6 Å². The number of hydrogen-bond acceptors (Lipinski definition) is 3. The molecule has 1 atom stereocenters. The fourth-order valence-electron chi connectivity index (χ4n) is 1.43. The van der Waals surface area contributed by atoms with Crippen molar-refractivity contribution in [3.05, 3.63) is 52.4 Å². The molecule has 94 valence electrons. The van der Waals surface area contributed by atoms with E-state index in [0.717, 1.165) is 10.0 Å². The van der Waals surface area contributed by atoms with Crippen molar-refractivity contribution in [3.63, 3.8) is 0 Å². The Kier molecular flexibility index (Phi) is 3.93. The maximum atomic E-state index is 13.5. The molecule has 2 N–H and O–H groups in total. The number of hydrogen-bond donors (Lipinski definition) is 1. The number of halogens is 2. The second-order valence-electron chi connectivity index (χ2n) is 3.89. The van der Waals surface area contributed by atoms with Gasteiger partial charge in [0.25, 0.3) is 0 Å². The number of pyridine rings is 1. The average molecular weight is 311 g/mol. The molecule has 3 nitrogen and oxygen atoms in total. The minimum absolute atomic E-state index is 0.122. The zero-order valence-corrected chi connectivity index (χ0v) is 11.3. The van der Waals surface area contributed by atoms with E-state index in [1.165, 1.54) is 6.07 Å². The van der Waals surface area contributed by atoms with E-state index in [0.29, 0.717) is 5.88 Å². The Bertz CT molecular complexity index is 560. The van der Waals surface area contributed by atoms with Crippen molar-refractivity contribution in [2.45, 2.75) is 13.0 Å². The smallest absolute Gasteiger partial charge is 0.219 e. The molecule has 5 heteroatoms. The molecule has 0 aliphatic heterocycles. The molecule has 0 aliphatic rings. The summed E-state index contributed by atoms with van der Waals surface area (Å²) >= 11 is 3.26. The topological polar surface area (TPSA) is 48.1 Å². The van der Waals surface area contributed by atoms with Crippen LogP contribution < -0.4 is 10.5 Å². The summed E-state index contributed by atoms with van der Waals surface area (Å²) in [4.78, 5) is 4.03. The quantitative estimate of drug-likeness (QED) is 0.938. The maximum absolute atomic E-state index is 13.5. The third kappa shape index (κ3) is 3.05. The van der Waals surface area contributed by atoms with Crippen molar-refractivity contribution in [2.24, 2.45) is 5.73 Å². The molecule has 1 aromatic carbocycles. The van der Waals surface area contributed by atoms with Gasteiger partial charge in [0, 0.05) is 22.8 Å². The molecule has 0 fully saturated rings. The van der Waals surface area contributed by atoms with Crippen molar-refractivity contribution >= 4 is 15.9 Å². The van der Waals surface area contributed by atoms with Crippen molar-refractivity contribution in [2.75, 3.05) is 0 Å². The number of benzene rings is 1. The molecule has 18 heavy (non-hydrogen) atoms. The molecular formula is C13H12BrFN2O. The van der Waals surface area contributed by atoms with E-state index in [4.69, 9.17) is 10.5 Å². The van der Waals surface area contributed by atoms with Crippen LogP contribution in [0.15, 0.2) is 41.0 Å². The minimum Gasteiger partial charge on any atom is -0.436 e. The predicted octanol–water partition coefficient (Wildman–Crippen LogP) is 3.80. The van der Waals surface area contributed by atoms with Gasteiger partial charge in [0.1, 0.15) is 0 Å². The predicted molar refractivity (Wildman–Crippen MR) is 71.0 cm³/mol. The first-order valence-corrected chi connectivity index (χ1v) is 6.20. The number of nitrogens with two attached hydrogens (primary N) is 1. The monoisotopic (exact) mass is 310 g/mol. The van der Waals surface area contributed by atoms with Crippen LogP contribution in [0.5, 0.6) is 11.6 Å². The zero-order valence-electron chi connectivity index (χ0n) is 9.73. The molecule has 0 spiro atoms. The number of nitrogens with zero attached hydrogens (tertiary/aromatic N) is 1. The molecule has 2 aromatic rings. The third-order valence-electron chi connectivity index (χ3n) is 2.39. The van der Waals surface area contributed by atoms with Crippen LogP contribution in [0.3, 0.4) is 0 Å². The molecule has 0 amide bonds. The normalized spacial score (nSPS) is 12.2. The van der Waals surface area contributed by atoms with E-state index in [2.05, 4.69) is 20.9 Å². The minimum atomic E-state index is -0.439. The van der Waals surface area contributed by atoms with Crippen LogP contribution in [0.2, 0.25) is 0 Å². The molecule has 1 heterocycles. The highest BCUT2D eigenvalue weighted by molar-refractivity contribution is 9.10. The van der Waals surface area contributed by atoms with Gasteiger partial charge in [0.2, 0.25) is 5.88 Å². The molecule has 1 aromatic heterocycles. The van der Waals surface area contributed by atoms with Crippen molar-refractivity contribution < 1.29 is 9.13 Å². The molecule has 0 bridgehead atoms. The Balaban J connectivity index is 2.28. The summed E-state index contributed by atoms with van der Waals surface area (Å²) in [6.45, 7) is 1.86. The Morgan fingerprint density at radius 1 is 1.33 bits per heavy atom. The van der Waals surface area contributed by atoms with Gasteiger partial charge in [-0.05, 0) is 36.8 Å². The molecule has 0 saturated carbocycles. The van der Waals surface area contributed by atoms with Gasteiger partial charge in [-0.3, -0.25) is 0 Å². The SMILES string of the molecule is C[C@@H](N)c1ccnc(Oc2cc(Br)ccc2F)c1. The van der Waals surface area contributed by atoms with Crippen LogP contribution in [0.1, 0.15) is 18.5 Å². The Labute approximate surface area is 113 Å². The lowest BCUT2D eigenvalue weighted by atomic mass is 10.1. The fraction of sp³-hybridized carbons (Fsp3) is 0.154. The standard InChI is InChI=1S/C13H12BrFN2O/c1-8(16)9-4-5-17-13(6-9)18-12-7-10(14)2-3-11(12)15/h2-8H,16H2,1H3/t8-/m1/s1. The van der Waals surface area contributed by atoms with Gasteiger partial charge < -0.3 is 10.5 Å². The lowest BCUT2D eigenvalue weighted by Crippen LogP contribution is -2.05. The lowest BCUT2D eigenvalue weighted by Gasteiger charge is -2.09. The number of ether oxygens (including phenoxy) is 1. The maximum Gasteiger partial charge on any atom is 0.219 e. The lowest BCUT2D eigenvalue weighted by molar-refractivity contribution is 0.426. The summed E-state index contributed by atoms with van der Waals surface area (Å²) in [6.07, 6.45) is 1.59. The van der Waals surface area contributed by atoms with Crippen molar-refractivity contribution in [1.29, 1.82) is 0 Å². The Morgan fingerprint density at radius 3 is 2.83 bits per heavy atom. The largest absolute Gasteiger partial charge is 0.436 e. The molecule has 0 saturated heterocycles. The highest BCUT2D eigenvalue weighted by Crippen LogP contribution is 2.27. The first-order chi connectivity index (χ1) is 8.56. The summed E-state index contributed by atoms with van der Waals surface area (Å²) in [5.74, 6) is 0.00620. The fourth-order valence-corrected chi connectivity index (χ4v) is 1.77. The van der Waals surface area contributed by atoms with Crippen LogP contribution in [-0.2, 0) is 0 Å².